The molecule has 146 valence electrons. The van der Waals surface area contributed by atoms with Gasteiger partial charge in [0.1, 0.15) is 0 Å². The van der Waals surface area contributed by atoms with E-state index < -0.39 is 0 Å². The molecule has 0 radical (unpaired) electrons. The molecule has 4 rings (SSSR count). The molecule has 3 aromatic rings. The third kappa shape index (κ3) is 3.72. The number of nitrogens with one attached hydrogen (secondary N) is 2. The van der Waals surface area contributed by atoms with Crippen LogP contribution in [0.25, 0.3) is 5.69 Å². The Morgan fingerprint density at radius 3 is 2.75 bits per heavy atom. The van der Waals surface area contributed by atoms with Crippen LogP contribution < -0.4 is 5.32 Å². The van der Waals surface area contributed by atoms with Crippen LogP contribution >= 0.6 is 0 Å². The maximum Gasteiger partial charge on any atom is 0.224 e. The van der Waals surface area contributed by atoms with Crippen LogP contribution in [0, 0.1) is 13.8 Å². The molecule has 1 aliphatic rings. The Morgan fingerprint density at radius 2 is 1.93 bits per heavy atom. The van der Waals surface area contributed by atoms with E-state index in [1.807, 2.05) is 48.9 Å². The fraction of sp³-hybridized carbons (Fsp3) is 0.409. The highest BCUT2D eigenvalue weighted by Gasteiger charge is 2.18. The van der Waals surface area contributed by atoms with Gasteiger partial charge in [-0.15, -0.1) is 0 Å². The van der Waals surface area contributed by atoms with Crippen LogP contribution in [-0.4, -0.2) is 25.9 Å². The maximum atomic E-state index is 12.6. The molecule has 0 aliphatic heterocycles. The number of aromatic nitrogens is 4. The Hall–Kier alpha value is -2.89. The zero-order valence-corrected chi connectivity index (χ0v) is 16.6. The molecule has 2 aromatic heterocycles. The summed E-state index contributed by atoms with van der Waals surface area (Å²) in [7, 11) is 0. The van der Waals surface area contributed by atoms with Gasteiger partial charge in [-0.3, -0.25) is 9.89 Å². The minimum absolute atomic E-state index is 0.00387. The first-order chi connectivity index (χ1) is 13.6. The summed E-state index contributed by atoms with van der Waals surface area (Å²) in [5.74, 6) is 0.00387. The molecule has 6 nitrogen and oxygen atoms in total. The smallest absolute Gasteiger partial charge is 0.224 e. The number of hydrogen-bond donors (Lipinski definition) is 2. The van der Waals surface area contributed by atoms with Gasteiger partial charge in [0, 0.05) is 17.0 Å². The van der Waals surface area contributed by atoms with E-state index in [0.717, 1.165) is 41.2 Å². The molecule has 1 aliphatic carbocycles. The van der Waals surface area contributed by atoms with Crippen LogP contribution in [0.1, 0.15) is 53.2 Å². The zero-order chi connectivity index (χ0) is 19.5. The molecule has 0 saturated carbocycles. The van der Waals surface area contributed by atoms with Gasteiger partial charge < -0.3 is 5.32 Å². The predicted octanol–water partition coefficient (Wildman–Crippen LogP) is 3.34. The largest absolute Gasteiger partial charge is 0.350 e. The number of carbonyl (C=O) groups is 1. The van der Waals surface area contributed by atoms with E-state index in [9.17, 15) is 4.79 Å². The standard InChI is InChI=1S/C22H27N5O/c1-15-19(16(2)27(26-15)17-9-5-3-6-10-17)13-22(28)23-14-21-18-11-7-4-8-12-20(18)24-25-21/h3,5-6,9-10H,4,7-8,11-14H2,1-2H3,(H,23,28)(H,24,25). The summed E-state index contributed by atoms with van der Waals surface area (Å²) in [4.78, 5) is 12.6. The first-order valence-corrected chi connectivity index (χ1v) is 10.1. The van der Waals surface area contributed by atoms with E-state index >= 15 is 0 Å². The molecule has 0 unspecified atom stereocenters. The number of H-pyrrole nitrogens is 1. The average molecular weight is 377 g/mol. The van der Waals surface area contributed by atoms with Crippen LogP contribution in [0.4, 0.5) is 0 Å². The highest BCUT2D eigenvalue weighted by atomic mass is 16.1. The lowest BCUT2D eigenvalue weighted by atomic mass is 10.1. The third-order valence-electron chi connectivity index (χ3n) is 5.62. The fourth-order valence-electron chi connectivity index (χ4n) is 4.03. The minimum atomic E-state index is 0.00387. The molecule has 0 fully saturated rings. The number of benzene rings is 1. The van der Waals surface area contributed by atoms with Gasteiger partial charge in [0.2, 0.25) is 5.91 Å². The lowest BCUT2D eigenvalue weighted by Gasteiger charge is -2.07. The summed E-state index contributed by atoms with van der Waals surface area (Å²) in [6, 6.07) is 10.0. The van der Waals surface area contributed by atoms with Crippen molar-refractivity contribution in [1.29, 1.82) is 0 Å². The predicted molar refractivity (Wildman–Crippen MR) is 108 cm³/mol. The first-order valence-electron chi connectivity index (χ1n) is 10.1. The summed E-state index contributed by atoms with van der Waals surface area (Å²) in [6.45, 7) is 4.46. The second-order valence-corrected chi connectivity index (χ2v) is 7.54. The van der Waals surface area contributed by atoms with Gasteiger partial charge in [-0.25, -0.2) is 4.68 Å². The third-order valence-corrected chi connectivity index (χ3v) is 5.62. The second-order valence-electron chi connectivity index (χ2n) is 7.54. The van der Waals surface area contributed by atoms with Crippen molar-refractivity contribution in [2.24, 2.45) is 0 Å². The Morgan fingerprint density at radius 1 is 1.14 bits per heavy atom. The number of hydrogen-bond acceptors (Lipinski definition) is 3. The Balaban J connectivity index is 1.44. The number of rotatable bonds is 5. The summed E-state index contributed by atoms with van der Waals surface area (Å²) >= 11 is 0. The number of carbonyl (C=O) groups excluding carboxylic acids is 1. The van der Waals surface area contributed by atoms with Crippen LogP contribution in [-0.2, 0) is 30.6 Å². The molecule has 28 heavy (non-hydrogen) atoms. The maximum absolute atomic E-state index is 12.6. The highest BCUT2D eigenvalue weighted by molar-refractivity contribution is 5.79. The van der Waals surface area contributed by atoms with Gasteiger partial charge in [-0.1, -0.05) is 24.6 Å². The van der Waals surface area contributed by atoms with E-state index in [4.69, 9.17) is 0 Å². The molecule has 0 bridgehead atoms. The Kier molecular flexibility index (Phi) is 5.28. The monoisotopic (exact) mass is 377 g/mol. The number of nitrogens with zero attached hydrogens (tertiary/aromatic N) is 3. The minimum Gasteiger partial charge on any atom is -0.350 e. The SMILES string of the molecule is Cc1nn(-c2ccccc2)c(C)c1CC(=O)NCc1n[nH]c2c1CCCCC2. The first kappa shape index (κ1) is 18.5. The van der Waals surface area contributed by atoms with Crippen molar-refractivity contribution in [3.8, 4) is 5.69 Å². The molecule has 2 N–H and O–H groups in total. The molecule has 0 saturated heterocycles. The fourth-order valence-corrected chi connectivity index (χ4v) is 4.03. The van der Waals surface area contributed by atoms with E-state index in [-0.39, 0.29) is 5.91 Å². The van der Waals surface area contributed by atoms with Gasteiger partial charge in [0.15, 0.2) is 0 Å². The summed E-state index contributed by atoms with van der Waals surface area (Å²) in [5.41, 5.74) is 7.44. The highest BCUT2D eigenvalue weighted by Crippen LogP contribution is 2.22. The van der Waals surface area contributed by atoms with Crippen molar-refractivity contribution in [2.75, 3.05) is 0 Å². The average Bonchev–Trinajstić information content (AvgIpc) is 3.11. The Labute approximate surface area is 165 Å². The zero-order valence-electron chi connectivity index (χ0n) is 16.6. The van der Waals surface area contributed by atoms with E-state index in [1.165, 1.54) is 30.5 Å². The van der Waals surface area contributed by atoms with Crippen molar-refractivity contribution in [2.45, 2.75) is 58.9 Å². The van der Waals surface area contributed by atoms with Crippen LogP contribution in [0.5, 0.6) is 0 Å². The molecule has 2 heterocycles. The lowest BCUT2D eigenvalue weighted by Crippen LogP contribution is -2.25. The number of aryl methyl sites for hydroxylation is 2. The quantitative estimate of drug-likeness (QED) is 0.670. The van der Waals surface area contributed by atoms with E-state index in [1.54, 1.807) is 0 Å². The lowest BCUT2D eigenvalue weighted by molar-refractivity contribution is -0.120. The summed E-state index contributed by atoms with van der Waals surface area (Å²) < 4.78 is 1.91. The molecular weight excluding hydrogens is 350 g/mol. The summed E-state index contributed by atoms with van der Waals surface area (Å²) in [6.07, 6.45) is 6.12. The van der Waals surface area contributed by atoms with Crippen molar-refractivity contribution >= 4 is 5.91 Å². The number of para-hydroxylation sites is 1. The molecular formula is C22H27N5O. The van der Waals surface area contributed by atoms with Gasteiger partial charge in [0.05, 0.1) is 30.0 Å². The Bertz CT molecular complexity index is 970. The van der Waals surface area contributed by atoms with Gasteiger partial charge >= 0.3 is 0 Å². The van der Waals surface area contributed by atoms with Gasteiger partial charge in [0.25, 0.3) is 0 Å². The molecule has 0 atom stereocenters. The second kappa shape index (κ2) is 8.00. The summed E-state index contributed by atoms with van der Waals surface area (Å²) in [5, 5.41) is 15.3. The van der Waals surface area contributed by atoms with Gasteiger partial charge in [-0.2, -0.15) is 10.2 Å². The number of aromatic amines is 1. The molecule has 1 aromatic carbocycles. The van der Waals surface area contributed by atoms with Crippen molar-refractivity contribution in [1.82, 2.24) is 25.3 Å². The van der Waals surface area contributed by atoms with Crippen molar-refractivity contribution in [3.63, 3.8) is 0 Å². The molecule has 6 heteroatoms. The number of amides is 1. The van der Waals surface area contributed by atoms with Crippen LogP contribution in [0.3, 0.4) is 0 Å². The van der Waals surface area contributed by atoms with E-state index in [0.29, 0.717) is 13.0 Å². The topological polar surface area (TPSA) is 75.6 Å². The molecule has 0 spiro atoms. The van der Waals surface area contributed by atoms with Crippen molar-refractivity contribution < 1.29 is 4.79 Å². The van der Waals surface area contributed by atoms with Crippen LogP contribution in [0.15, 0.2) is 30.3 Å². The van der Waals surface area contributed by atoms with Crippen LogP contribution in [0.2, 0.25) is 0 Å². The normalized spacial score (nSPS) is 13.8. The number of fused-ring (bicyclic) bond motifs is 1. The van der Waals surface area contributed by atoms with E-state index in [2.05, 4.69) is 20.6 Å². The van der Waals surface area contributed by atoms with Gasteiger partial charge in [-0.05, 0) is 57.2 Å². The molecule has 1 amide bonds. The van der Waals surface area contributed by atoms with Crippen molar-refractivity contribution in [3.05, 3.63) is 64.2 Å².